The fourth-order valence-corrected chi connectivity index (χ4v) is 3.03. The van der Waals surface area contributed by atoms with Crippen molar-refractivity contribution in [3.8, 4) is 0 Å². The van der Waals surface area contributed by atoms with Gasteiger partial charge in [0.1, 0.15) is 0 Å². The molecule has 2 N–H and O–H groups in total. The minimum absolute atomic E-state index is 0.325. The zero-order valence-electron chi connectivity index (χ0n) is 8.46. The number of fused-ring (bicyclic) bond motifs is 1. The van der Waals surface area contributed by atoms with E-state index < -0.39 is 0 Å². The number of nitrogens with one attached hydrogen (secondary N) is 2. The number of hydrogen-bond acceptors (Lipinski definition) is 2. The first kappa shape index (κ1) is 8.72. The third kappa shape index (κ3) is 1.54. The van der Waals surface area contributed by atoms with Crippen molar-refractivity contribution in [3.05, 3.63) is 0 Å². The first-order valence-electron chi connectivity index (χ1n) is 5.84. The molecule has 0 aromatic carbocycles. The highest BCUT2D eigenvalue weighted by Gasteiger charge is 2.48. The van der Waals surface area contributed by atoms with E-state index in [1.165, 1.54) is 6.42 Å². The average molecular weight is 194 g/mol. The average Bonchev–Trinajstić information content (AvgIpc) is 2.68. The summed E-state index contributed by atoms with van der Waals surface area (Å²) in [4.78, 5) is 11.8. The Bertz CT molecular complexity index is 238. The van der Waals surface area contributed by atoms with Gasteiger partial charge in [-0.15, -0.1) is 0 Å². The molecule has 3 rings (SSSR count). The van der Waals surface area contributed by atoms with E-state index in [2.05, 4.69) is 10.6 Å². The molecule has 0 aromatic heterocycles. The summed E-state index contributed by atoms with van der Waals surface area (Å²) in [5.74, 6) is 2.49. The predicted molar refractivity (Wildman–Crippen MR) is 53.7 cm³/mol. The van der Waals surface area contributed by atoms with Gasteiger partial charge in [0, 0.05) is 18.5 Å². The molecule has 1 heterocycles. The van der Waals surface area contributed by atoms with E-state index in [-0.39, 0.29) is 0 Å². The summed E-state index contributed by atoms with van der Waals surface area (Å²) in [7, 11) is 0. The van der Waals surface area contributed by atoms with Crippen molar-refractivity contribution in [1.29, 1.82) is 0 Å². The highest BCUT2D eigenvalue weighted by molar-refractivity contribution is 5.79. The summed E-state index contributed by atoms with van der Waals surface area (Å²) in [5, 5.41) is 6.43. The van der Waals surface area contributed by atoms with E-state index in [4.69, 9.17) is 0 Å². The monoisotopic (exact) mass is 194 g/mol. The Hall–Kier alpha value is -0.570. The standard InChI is InChI=1S/C11H18N2O/c14-11(13-10-1-2-12-6-10)9-4-7-3-8(7)5-9/h7-10,12H,1-6H2,(H,13,14)/t7?,8?,9?,10-/m1/s1. The maximum atomic E-state index is 11.8. The molecule has 1 amide bonds. The molecule has 0 spiro atoms. The van der Waals surface area contributed by atoms with Crippen LogP contribution in [0, 0.1) is 17.8 Å². The molecule has 3 heteroatoms. The van der Waals surface area contributed by atoms with Crippen molar-refractivity contribution in [2.24, 2.45) is 17.8 Å². The lowest BCUT2D eigenvalue weighted by Crippen LogP contribution is -2.39. The van der Waals surface area contributed by atoms with Gasteiger partial charge in [-0.1, -0.05) is 0 Å². The van der Waals surface area contributed by atoms with Crippen LogP contribution in [-0.4, -0.2) is 25.0 Å². The van der Waals surface area contributed by atoms with E-state index >= 15 is 0 Å². The first-order valence-corrected chi connectivity index (χ1v) is 5.84. The molecule has 0 radical (unpaired) electrons. The topological polar surface area (TPSA) is 41.1 Å². The molecule has 3 atom stereocenters. The lowest BCUT2D eigenvalue weighted by molar-refractivity contribution is -0.125. The molecule has 3 aliphatic rings. The summed E-state index contributed by atoms with van der Waals surface area (Å²) >= 11 is 0. The lowest BCUT2D eigenvalue weighted by atomic mass is 10.0. The van der Waals surface area contributed by atoms with E-state index in [0.717, 1.165) is 44.2 Å². The number of carbonyl (C=O) groups is 1. The van der Waals surface area contributed by atoms with Crippen LogP contribution in [0.1, 0.15) is 25.7 Å². The second-order valence-electron chi connectivity index (χ2n) is 5.12. The zero-order valence-corrected chi connectivity index (χ0v) is 8.46. The Morgan fingerprint density at radius 3 is 2.64 bits per heavy atom. The van der Waals surface area contributed by atoms with Crippen LogP contribution in [0.3, 0.4) is 0 Å². The molecule has 1 aliphatic heterocycles. The van der Waals surface area contributed by atoms with Crippen LogP contribution in [-0.2, 0) is 4.79 Å². The maximum Gasteiger partial charge on any atom is 0.223 e. The molecule has 78 valence electrons. The Balaban J connectivity index is 1.50. The van der Waals surface area contributed by atoms with Crippen LogP contribution in [0.25, 0.3) is 0 Å². The van der Waals surface area contributed by atoms with Crippen molar-refractivity contribution in [2.75, 3.05) is 13.1 Å². The predicted octanol–water partition coefficient (Wildman–Crippen LogP) is 0.511. The number of rotatable bonds is 2. The van der Waals surface area contributed by atoms with Crippen LogP contribution in [0.2, 0.25) is 0 Å². The summed E-state index contributed by atoms with van der Waals surface area (Å²) in [5.41, 5.74) is 0. The van der Waals surface area contributed by atoms with Crippen LogP contribution >= 0.6 is 0 Å². The van der Waals surface area contributed by atoms with Gasteiger partial charge in [-0.25, -0.2) is 0 Å². The normalized spacial score (nSPS) is 44.9. The van der Waals surface area contributed by atoms with Gasteiger partial charge < -0.3 is 10.6 Å². The fraction of sp³-hybridized carbons (Fsp3) is 0.909. The maximum absolute atomic E-state index is 11.8. The second kappa shape index (κ2) is 3.23. The van der Waals surface area contributed by atoms with Gasteiger partial charge in [-0.05, 0) is 44.1 Å². The quantitative estimate of drug-likeness (QED) is 0.672. The van der Waals surface area contributed by atoms with E-state index in [9.17, 15) is 4.79 Å². The summed E-state index contributed by atoms with van der Waals surface area (Å²) in [6, 6.07) is 0.402. The second-order valence-corrected chi connectivity index (χ2v) is 5.12. The summed E-state index contributed by atoms with van der Waals surface area (Å²) < 4.78 is 0. The molecular formula is C11H18N2O. The Kier molecular flexibility index (Phi) is 2.01. The van der Waals surface area contributed by atoms with Gasteiger partial charge in [-0.2, -0.15) is 0 Å². The molecule has 2 saturated carbocycles. The summed E-state index contributed by atoms with van der Waals surface area (Å²) in [6.45, 7) is 2.02. The molecular weight excluding hydrogens is 176 g/mol. The first-order chi connectivity index (χ1) is 6.83. The van der Waals surface area contributed by atoms with Gasteiger partial charge in [0.05, 0.1) is 0 Å². The van der Waals surface area contributed by atoms with Crippen molar-refractivity contribution in [3.63, 3.8) is 0 Å². The molecule has 1 saturated heterocycles. The van der Waals surface area contributed by atoms with E-state index in [1.54, 1.807) is 0 Å². The fourth-order valence-electron chi connectivity index (χ4n) is 3.03. The van der Waals surface area contributed by atoms with Gasteiger partial charge >= 0.3 is 0 Å². The molecule has 14 heavy (non-hydrogen) atoms. The molecule has 3 nitrogen and oxygen atoms in total. The zero-order chi connectivity index (χ0) is 9.54. The molecule has 2 aliphatic carbocycles. The van der Waals surface area contributed by atoms with Crippen molar-refractivity contribution in [2.45, 2.75) is 31.7 Å². The third-order valence-corrected chi connectivity index (χ3v) is 4.02. The van der Waals surface area contributed by atoms with E-state index in [1.807, 2.05) is 0 Å². The Labute approximate surface area is 84.6 Å². The van der Waals surface area contributed by atoms with Crippen LogP contribution in [0.15, 0.2) is 0 Å². The molecule has 0 aromatic rings. The van der Waals surface area contributed by atoms with Crippen molar-refractivity contribution in [1.82, 2.24) is 10.6 Å². The minimum atomic E-state index is 0.325. The lowest BCUT2D eigenvalue weighted by Gasteiger charge is -2.16. The van der Waals surface area contributed by atoms with Gasteiger partial charge in [-0.3, -0.25) is 4.79 Å². The summed E-state index contributed by atoms with van der Waals surface area (Å²) in [6.07, 6.45) is 4.83. The minimum Gasteiger partial charge on any atom is -0.352 e. The number of carbonyl (C=O) groups excluding carboxylic acids is 1. The Morgan fingerprint density at radius 1 is 1.21 bits per heavy atom. The van der Waals surface area contributed by atoms with Crippen LogP contribution in [0.4, 0.5) is 0 Å². The third-order valence-electron chi connectivity index (χ3n) is 4.02. The smallest absolute Gasteiger partial charge is 0.223 e. The largest absolute Gasteiger partial charge is 0.352 e. The SMILES string of the molecule is O=C(N[C@@H]1CCNC1)C1CC2CC2C1. The molecule has 3 fully saturated rings. The van der Waals surface area contributed by atoms with Gasteiger partial charge in [0.15, 0.2) is 0 Å². The van der Waals surface area contributed by atoms with Gasteiger partial charge in [0.25, 0.3) is 0 Å². The molecule has 0 bridgehead atoms. The Morgan fingerprint density at radius 2 is 2.00 bits per heavy atom. The molecule has 2 unspecified atom stereocenters. The van der Waals surface area contributed by atoms with Crippen molar-refractivity contribution < 1.29 is 4.79 Å². The highest BCUT2D eigenvalue weighted by atomic mass is 16.2. The number of amides is 1. The van der Waals surface area contributed by atoms with E-state index in [0.29, 0.717) is 17.9 Å². The van der Waals surface area contributed by atoms with Crippen LogP contribution in [0.5, 0.6) is 0 Å². The number of hydrogen-bond donors (Lipinski definition) is 2. The van der Waals surface area contributed by atoms with Crippen molar-refractivity contribution >= 4 is 5.91 Å². The van der Waals surface area contributed by atoms with Crippen LogP contribution < -0.4 is 10.6 Å². The van der Waals surface area contributed by atoms with Gasteiger partial charge in [0.2, 0.25) is 5.91 Å². The highest BCUT2D eigenvalue weighted by Crippen LogP contribution is 2.54.